The van der Waals surface area contributed by atoms with Crippen LogP contribution >= 0.6 is 11.3 Å². The van der Waals surface area contributed by atoms with Crippen molar-refractivity contribution in [2.24, 2.45) is 13.0 Å². The van der Waals surface area contributed by atoms with Crippen molar-refractivity contribution < 1.29 is 9.18 Å². The van der Waals surface area contributed by atoms with E-state index in [1.54, 1.807) is 16.8 Å². The number of hydrogen-bond donors (Lipinski definition) is 1. The van der Waals surface area contributed by atoms with Crippen molar-refractivity contribution in [1.29, 1.82) is 0 Å². The summed E-state index contributed by atoms with van der Waals surface area (Å²) in [5.74, 6) is -0.0960. The fourth-order valence-electron chi connectivity index (χ4n) is 2.50. The van der Waals surface area contributed by atoms with Gasteiger partial charge in [-0.1, -0.05) is 0 Å². The maximum atomic E-state index is 13.1. The highest BCUT2D eigenvalue weighted by Gasteiger charge is 2.30. The summed E-state index contributed by atoms with van der Waals surface area (Å²) in [5, 5.41) is 9.81. The lowest BCUT2D eigenvalue weighted by molar-refractivity contribution is -0.117. The van der Waals surface area contributed by atoms with Crippen LogP contribution in [0, 0.1) is 11.7 Å². The molecule has 0 aliphatic heterocycles. The predicted molar refractivity (Wildman–Crippen MR) is 91.1 cm³/mol. The van der Waals surface area contributed by atoms with Crippen molar-refractivity contribution in [3.05, 3.63) is 41.7 Å². The lowest BCUT2D eigenvalue weighted by Crippen LogP contribution is -2.12. The van der Waals surface area contributed by atoms with E-state index in [2.05, 4.69) is 15.4 Å². The zero-order chi connectivity index (χ0) is 16.7. The molecule has 1 amide bonds. The molecule has 0 radical (unpaired) electrons. The molecule has 1 aliphatic carbocycles. The Labute approximate surface area is 142 Å². The smallest absolute Gasteiger partial charge is 0.229 e. The minimum absolute atomic E-state index is 0.0424. The fourth-order valence-corrected chi connectivity index (χ4v) is 3.22. The second kappa shape index (κ2) is 5.83. The van der Waals surface area contributed by atoms with Gasteiger partial charge in [-0.3, -0.25) is 9.48 Å². The van der Waals surface area contributed by atoms with E-state index in [0.717, 1.165) is 35.4 Å². The van der Waals surface area contributed by atoms with Crippen molar-refractivity contribution in [3.63, 3.8) is 0 Å². The number of halogens is 1. The Morgan fingerprint density at radius 3 is 2.79 bits per heavy atom. The van der Waals surface area contributed by atoms with Crippen LogP contribution in [0.1, 0.15) is 12.8 Å². The van der Waals surface area contributed by atoms with Gasteiger partial charge in [0.25, 0.3) is 0 Å². The third-order valence-electron chi connectivity index (χ3n) is 3.90. The van der Waals surface area contributed by atoms with Crippen molar-refractivity contribution >= 4 is 22.4 Å². The molecule has 122 valence electrons. The number of benzene rings is 1. The number of hydrogen-bond acceptors (Lipinski definition) is 4. The van der Waals surface area contributed by atoms with Gasteiger partial charge in [0, 0.05) is 35.7 Å². The summed E-state index contributed by atoms with van der Waals surface area (Å²) in [5.41, 5.74) is 3.16. The summed E-state index contributed by atoms with van der Waals surface area (Å²) in [6, 6.07) is 6.22. The highest BCUT2D eigenvalue weighted by atomic mass is 32.1. The molecule has 3 aromatic rings. The van der Waals surface area contributed by atoms with Crippen LogP contribution in [0.4, 0.5) is 9.52 Å². The number of nitrogens with one attached hydrogen (secondary N) is 1. The first-order valence-electron chi connectivity index (χ1n) is 7.66. The molecule has 24 heavy (non-hydrogen) atoms. The number of anilines is 1. The largest absolute Gasteiger partial charge is 0.302 e. The zero-order valence-electron chi connectivity index (χ0n) is 13.0. The summed E-state index contributed by atoms with van der Waals surface area (Å²) < 4.78 is 14.9. The first-order valence-corrected chi connectivity index (χ1v) is 8.54. The van der Waals surface area contributed by atoms with Crippen molar-refractivity contribution in [2.75, 3.05) is 5.32 Å². The van der Waals surface area contributed by atoms with Crippen LogP contribution in [-0.4, -0.2) is 20.7 Å². The second-order valence-electron chi connectivity index (χ2n) is 5.87. The summed E-state index contributed by atoms with van der Waals surface area (Å²) >= 11 is 1.39. The third kappa shape index (κ3) is 2.94. The first kappa shape index (κ1) is 15.0. The van der Waals surface area contributed by atoms with Gasteiger partial charge in [0.15, 0.2) is 5.13 Å². The van der Waals surface area contributed by atoms with E-state index in [0.29, 0.717) is 5.13 Å². The maximum absolute atomic E-state index is 13.1. The van der Waals surface area contributed by atoms with Gasteiger partial charge in [-0.05, 0) is 37.1 Å². The molecule has 0 spiro atoms. The van der Waals surface area contributed by atoms with Gasteiger partial charge in [-0.2, -0.15) is 5.10 Å². The van der Waals surface area contributed by atoms with E-state index in [4.69, 9.17) is 0 Å². The molecule has 5 nitrogen and oxygen atoms in total. The Hall–Kier alpha value is -2.54. The average Bonchev–Trinajstić information content (AvgIpc) is 3.21. The van der Waals surface area contributed by atoms with E-state index in [1.165, 1.54) is 23.5 Å². The van der Waals surface area contributed by atoms with Crippen molar-refractivity contribution in [2.45, 2.75) is 12.8 Å². The average molecular weight is 342 g/mol. The molecule has 0 bridgehead atoms. The number of aryl methyl sites for hydroxylation is 1. The number of nitrogens with zero attached hydrogens (tertiary/aromatic N) is 3. The van der Waals surface area contributed by atoms with E-state index in [9.17, 15) is 9.18 Å². The number of thiazole rings is 1. The molecule has 1 aromatic carbocycles. The quantitative estimate of drug-likeness (QED) is 0.786. The fraction of sp³-hybridized carbons (Fsp3) is 0.235. The molecule has 2 heterocycles. The van der Waals surface area contributed by atoms with Crippen LogP contribution < -0.4 is 5.32 Å². The predicted octanol–water partition coefficient (Wildman–Crippen LogP) is 3.70. The minimum atomic E-state index is -0.282. The first-order chi connectivity index (χ1) is 11.6. The monoisotopic (exact) mass is 342 g/mol. The van der Waals surface area contributed by atoms with Crippen LogP contribution in [-0.2, 0) is 11.8 Å². The molecule has 1 N–H and O–H groups in total. The molecule has 1 saturated carbocycles. The lowest BCUT2D eigenvalue weighted by atomic mass is 10.1. The molecular weight excluding hydrogens is 327 g/mol. The summed E-state index contributed by atoms with van der Waals surface area (Å²) in [6.07, 6.45) is 3.79. The van der Waals surface area contributed by atoms with Gasteiger partial charge in [-0.25, -0.2) is 9.37 Å². The van der Waals surface area contributed by atoms with Crippen molar-refractivity contribution in [1.82, 2.24) is 14.8 Å². The Balaban J connectivity index is 1.65. The zero-order valence-corrected chi connectivity index (χ0v) is 13.8. The van der Waals surface area contributed by atoms with Crippen LogP contribution in [0.3, 0.4) is 0 Å². The van der Waals surface area contributed by atoms with Gasteiger partial charge in [0.05, 0.1) is 5.69 Å². The number of aromatic nitrogens is 3. The highest BCUT2D eigenvalue weighted by molar-refractivity contribution is 7.14. The standard InChI is InChI=1S/C17H15FN4OS/c1-22-8-13(15(21-22)10-4-6-12(18)7-5-10)14-9-24-17(19-14)20-16(23)11-2-3-11/h4-9,11H,2-3H2,1H3,(H,19,20,23). The topological polar surface area (TPSA) is 59.8 Å². The molecule has 0 unspecified atom stereocenters. The number of rotatable bonds is 4. The van der Waals surface area contributed by atoms with Crippen LogP contribution in [0.15, 0.2) is 35.8 Å². The van der Waals surface area contributed by atoms with Gasteiger partial charge in [0.2, 0.25) is 5.91 Å². The van der Waals surface area contributed by atoms with Gasteiger partial charge >= 0.3 is 0 Å². The maximum Gasteiger partial charge on any atom is 0.229 e. The Kier molecular flexibility index (Phi) is 3.65. The minimum Gasteiger partial charge on any atom is -0.302 e. The van der Waals surface area contributed by atoms with Crippen molar-refractivity contribution in [3.8, 4) is 22.5 Å². The summed E-state index contributed by atoms with van der Waals surface area (Å²) in [4.78, 5) is 16.4. The second-order valence-corrected chi connectivity index (χ2v) is 6.73. The Bertz CT molecular complexity index is 896. The number of carbonyl (C=O) groups is 1. The van der Waals surface area contributed by atoms with Crippen LogP contribution in [0.25, 0.3) is 22.5 Å². The third-order valence-corrected chi connectivity index (χ3v) is 4.66. The van der Waals surface area contributed by atoms with Crippen LogP contribution in [0.2, 0.25) is 0 Å². The molecule has 0 saturated heterocycles. The molecule has 0 atom stereocenters. The number of carbonyl (C=O) groups excluding carboxylic acids is 1. The van der Waals surface area contributed by atoms with E-state index in [1.807, 2.05) is 18.6 Å². The molecule has 1 aliphatic rings. The summed E-state index contributed by atoms with van der Waals surface area (Å²) in [7, 11) is 1.83. The van der Waals surface area contributed by atoms with Crippen LogP contribution in [0.5, 0.6) is 0 Å². The lowest BCUT2D eigenvalue weighted by Gasteiger charge is -2.00. The van der Waals surface area contributed by atoms with Gasteiger partial charge in [0.1, 0.15) is 11.5 Å². The molecule has 2 aromatic heterocycles. The number of amides is 1. The van der Waals surface area contributed by atoms with E-state index < -0.39 is 0 Å². The SMILES string of the molecule is Cn1cc(-c2csc(NC(=O)C3CC3)n2)c(-c2ccc(F)cc2)n1. The Morgan fingerprint density at radius 2 is 2.08 bits per heavy atom. The molecular formula is C17H15FN4OS. The van der Waals surface area contributed by atoms with Gasteiger partial charge < -0.3 is 5.32 Å². The van der Waals surface area contributed by atoms with E-state index in [-0.39, 0.29) is 17.6 Å². The molecule has 4 rings (SSSR count). The molecule has 7 heteroatoms. The summed E-state index contributed by atoms with van der Waals surface area (Å²) in [6.45, 7) is 0. The highest BCUT2D eigenvalue weighted by Crippen LogP contribution is 2.34. The van der Waals surface area contributed by atoms with Gasteiger partial charge in [-0.15, -0.1) is 11.3 Å². The normalized spacial score (nSPS) is 13.9. The van der Waals surface area contributed by atoms with E-state index >= 15 is 0 Å². The molecule has 1 fully saturated rings. The Morgan fingerprint density at radius 1 is 1.33 bits per heavy atom.